The van der Waals surface area contributed by atoms with E-state index in [0.717, 1.165) is 6.42 Å². The lowest BCUT2D eigenvalue weighted by Crippen LogP contribution is -2.35. The predicted octanol–water partition coefficient (Wildman–Crippen LogP) is -0.287. The molecule has 0 aromatic carbocycles. The zero-order valence-corrected chi connectivity index (χ0v) is 22.0. The molecule has 0 bridgehead atoms. The minimum absolute atomic E-state index is 0.00303. The molecule has 14 nitrogen and oxygen atoms in total. The van der Waals surface area contributed by atoms with Crippen LogP contribution in [-0.2, 0) is 52.3 Å². The molecule has 0 saturated carbocycles. The van der Waals surface area contributed by atoms with E-state index in [4.69, 9.17) is 33.2 Å². The normalized spacial score (nSPS) is 10.6. The third-order valence-corrected chi connectivity index (χ3v) is 4.09. The van der Waals surface area contributed by atoms with Crippen LogP contribution < -0.4 is 5.32 Å². The van der Waals surface area contributed by atoms with E-state index in [1.54, 1.807) is 4.90 Å². The van der Waals surface area contributed by atoms with Gasteiger partial charge < -0.3 is 38.5 Å². The summed E-state index contributed by atoms with van der Waals surface area (Å²) in [5, 5.41) is 2.54. The summed E-state index contributed by atoms with van der Waals surface area (Å²) < 4.78 is 35.1. The molecule has 214 valence electrons. The van der Waals surface area contributed by atoms with Crippen LogP contribution in [-0.4, -0.2) is 127 Å². The largest absolute Gasteiger partial charge is 0.465 e. The van der Waals surface area contributed by atoms with Crippen LogP contribution in [0.1, 0.15) is 27.2 Å². The summed E-state index contributed by atoms with van der Waals surface area (Å²) in [5.41, 5.74) is 0. The smallest absolute Gasteiger partial charge is 0.407 e. The quantitative estimate of drug-likeness (QED) is 0.103. The Kier molecular flexibility index (Phi) is 21.8. The number of nitrogens with zero attached hydrogens (tertiary/aromatic N) is 1. The molecule has 0 aliphatic rings. The molecule has 0 rings (SSSR count). The summed E-state index contributed by atoms with van der Waals surface area (Å²) >= 11 is 0. The van der Waals surface area contributed by atoms with E-state index < -0.39 is 37.2 Å². The zero-order chi connectivity index (χ0) is 27.7. The number of esters is 3. The van der Waals surface area contributed by atoms with Crippen molar-refractivity contribution in [1.82, 2.24) is 10.2 Å². The molecule has 1 amide bonds. The highest BCUT2D eigenvalue weighted by molar-refractivity contribution is 5.77. The number of hydrogen-bond acceptors (Lipinski definition) is 13. The SMILES string of the molecule is CCCOC(=O)NCCOCCOCCOC(=O)COCC(=O)OCCN(CCOC(C)=O)CC(C)=O. The number of carbonyl (C=O) groups excluding carboxylic acids is 5. The fourth-order valence-corrected chi connectivity index (χ4v) is 2.50. The predicted molar refractivity (Wildman–Crippen MR) is 128 cm³/mol. The molecule has 0 aromatic heterocycles. The number of nitrogens with one attached hydrogen (secondary N) is 1. The topological polar surface area (TPSA) is 165 Å². The fourth-order valence-electron chi connectivity index (χ4n) is 2.50. The molecule has 0 heterocycles. The van der Waals surface area contributed by atoms with E-state index in [1.165, 1.54) is 13.8 Å². The first-order chi connectivity index (χ1) is 17.7. The second-order valence-corrected chi connectivity index (χ2v) is 7.54. The lowest BCUT2D eigenvalue weighted by molar-refractivity contribution is -0.156. The molecule has 0 fully saturated rings. The van der Waals surface area contributed by atoms with Crippen molar-refractivity contribution in [2.24, 2.45) is 0 Å². The number of ketones is 1. The summed E-state index contributed by atoms with van der Waals surface area (Å²) in [6, 6.07) is 0. The first-order valence-corrected chi connectivity index (χ1v) is 12.0. The van der Waals surface area contributed by atoms with Crippen LogP contribution in [0.25, 0.3) is 0 Å². The summed E-state index contributed by atoms with van der Waals surface area (Å²) in [6.07, 6.45) is 0.275. The molecule has 0 spiro atoms. The Labute approximate surface area is 217 Å². The van der Waals surface area contributed by atoms with E-state index in [1.807, 2.05) is 6.92 Å². The van der Waals surface area contributed by atoms with Crippen LogP contribution >= 0.6 is 0 Å². The Hall–Kier alpha value is -2.81. The molecule has 1 N–H and O–H groups in total. The molecular formula is C23H40N2O12. The van der Waals surface area contributed by atoms with Gasteiger partial charge in [0.05, 0.1) is 39.6 Å². The van der Waals surface area contributed by atoms with Crippen molar-refractivity contribution < 1.29 is 57.1 Å². The number of rotatable bonds is 23. The van der Waals surface area contributed by atoms with Gasteiger partial charge in [-0.25, -0.2) is 14.4 Å². The molecule has 14 heteroatoms. The van der Waals surface area contributed by atoms with Gasteiger partial charge in [0.15, 0.2) is 0 Å². The molecule has 0 aliphatic heterocycles. The molecule has 0 radical (unpaired) electrons. The number of hydrogen-bond donors (Lipinski definition) is 1. The number of carbonyl (C=O) groups is 5. The number of alkyl carbamates (subject to hydrolysis) is 1. The van der Waals surface area contributed by atoms with Gasteiger partial charge in [-0.15, -0.1) is 0 Å². The lowest BCUT2D eigenvalue weighted by Gasteiger charge is -2.20. The average molecular weight is 537 g/mol. The standard InChI is InChI=1S/C23H40N2O12/c1-4-8-37-23(30)24-5-9-31-12-13-32-14-15-36-22(29)18-33-17-21(28)35-11-7-25(16-19(2)26)6-10-34-20(3)27/h4-18H2,1-3H3,(H,24,30). The molecule has 0 aromatic rings. The highest BCUT2D eigenvalue weighted by Gasteiger charge is 2.11. The van der Waals surface area contributed by atoms with Crippen LogP contribution in [0.15, 0.2) is 0 Å². The van der Waals surface area contributed by atoms with Crippen molar-refractivity contribution in [3.05, 3.63) is 0 Å². The van der Waals surface area contributed by atoms with Crippen LogP contribution in [0.3, 0.4) is 0 Å². The van der Waals surface area contributed by atoms with Crippen LogP contribution in [0.4, 0.5) is 4.79 Å². The van der Waals surface area contributed by atoms with E-state index in [-0.39, 0.29) is 51.9 Å². The Morgan fingerprint density at radius 3 is 1.81 bits per heavy atom. The minimum atomic E-state index is -0.674. The monoisotopic (exact) mass is 536 g/mol. The zero-order valence-electron chi connectivity index (χ0n) is 22.0. The van der Waals surface area contributed by atoms with Crippen molar-refractivity contribution in [1.29, 1.82) is 0 Å². The molecule has 0 aliphatic carbocycles. The lowest BCUT2D eigenvalue weighted by atomic mass is 10.4. The number of amides is 1. The number of Topliss-reactive ketones (excluding diaryl/α,β-unsaturated/α-hetero) is 1. The van der Waals surface area contributed by atoms with Gasteiger partial charge in [-0.3, -0.25) is 14.5 Å². The Morgan fingerprint density at radius 2 is 1.22 bits per heavy atom. The second kappa shape index (κ2) is 23.6. The van der Waals surface area contributed by atoms with Crippen molar-refractivity contribution in [2.45, 2.75) is 27.2 Å². The highest BCUT2D eigenvalue weighted by Crippen LogP contribution is 1.93. The Bertz CT molecular complexity index is 674. The summed E-state index contributed by atoms with van der Waals surface area (Å²) in [6.45, 7) is 6.37. The van der Waals surface area contributed by atoms with Crippen molar-refractivity contribution in [2.75, 3.05) is 92.2 Å². The maximum atomic E-state index is 11.7. The van der Waals surface area contributed by atoms with Gasteiger partial charge in [0.25, 0.3) is 0 Å². The van der Waals surface area contributed by atoms with E-state index in [2.05, 4.69) is 5.32 Å². The molecular weight excluding hydrogens is 496 g/mol. The van der Waals surface area contributed by atoms with Gasteiger partial charge in [-0.2, -0.15) is 0 Å². The first-order valence-electron chi connectivity index (χ1n) is 12.0. The van der Waals surface area contributed by atoms with Crippen LogP contribution in [0, 0.1) is 0 Å². The van der Waals surface area contributed by atoms with Gasteiger partial charge in [-0.05, 0) is 13.3 Å². The van der Waals surface area contributed by atoms with E-state index in [9.17, 15) is 24.0 Å². The van der Waals surface area contributed by atoms with Gasteiger partial charge in [0.1, 0.15) is 38.8 Å². The number of ether oxygens (including phenoxy) is 7. The van der Waals surface area contributed by atoms with Gasteiger partial charge >= 0.3 is 24.0 Å². The minimum Gasteiger partial charge on any atom is -0.465 e. The van der Waals surface area contributed by atoms with Gasteiger partial charge in [0, 0.05) is 26.6 Å². The summed E-state index contributed by atoms with van der Waals surface area (Å²) in [7, 11) is 0. The van der Waals surface area contributed by atoms with Crippen molar-refractivity contribution >= 4 is 29.8 Å². The summed E-state index contributed by atoms with van der Waals surface area (Å²) in [4.78, 5) is 58.4. The second-order valence-electron chi connectivity index (χ2n) is 7.54. The van der Waals surface area contributed by atoms with Crippen molar-refractivity contribution in [3.8, 4) is 0 Å². The maximum absolute atomic E-state index is 11.7. The van der Waals surface area contributed by atoms with Crippen molar-refractivity contribution in [3.63, 3.8) is 0 Å². The third-order valence-electron chi connectivity index (χ3n) is 4.09. The molecule has 0 saturated heterocycles. The third kappa shape index (κ3) is 24.7. The fraction of sp³-hybridized carbons (Fsp3) is 0.783. The molecule has 0 atom stereocenters. The summed E-state index contributed by atoms with van der Waals surface area (Å²) in [5.74, 6) is -1.83. The van der Waals surface area contributed by atoms with E-state index in [0.29, 0.717) is 32.9 Å². The van der Waals surface area contributed by atoms with E-state index >= 15 is 0 Å². The molecule has 0 unspecified atom stereocenters. The Balaban J connectivity index is 3.66. The highest BCUT2D eigenvalue weighted by atomic mass is 16.6. The molecule has 37 heavy (non-hydrogen) atoms. The van der Waals surface area contributed by atoms with Gasteiger partial charge in [-0.1, -0.05) is 6.92 Å². The first kappa shape index (κ1) is 34.2. The van der Waals surface area contributed by atoms with Gasteiger partial charge in [0.2, 0.25) is 0 Å². The van der Waals surface area contributed by atoms with Crippen LogP contribution in [0.2, 0.25) is 0 Å². The average Bonchev–Trinajstić information content (AvgIpc) is 2.83. The van der Waals surface area contributed by atoms with Crippen LogP contribution in [0.5, 0.6) is 0 Å². The Morgan fingerprint density at radius 1 is 0.649 bits per heavy atom. The maximum Gasteiger partial charge on any atom is 0.407 e.